The number of nitriles is 1. The van der Waals surface area contributed by atoms with Gasteiger partial charge in [-0.2, -0.15) is 10.4 Å². The van der Waals surface area contributed by atoms with Crippen molar-refractivity contribution in [3.8, 4) is 6.07 Å². The maximum Gasteiger partial charge on any atom is 0.0807 e. The van der Waals surface area contributed by atoms with Gasteiger partial charge < -0.3 is 0 Å². The maximum atomic E-state index is 8.86. The highest BCUT2D eigenvalue weighted by Crippen LogP contribution is 2.25. The van der Waals surface area contributed by atoms with Gasteiger partial charge in [0.25, 0.3) is 0 Å². The van der Waals surface area contributed by atoms with Gasteiger partial charge in [0.05, 0.1) is 18.2 Å². The molecule has 2 atom stereocenters. The van der Waals surface area contributed by atoms with Crippen LogP contribution >= 0.6 is 0 Å². The molecule has 1 aromatic heterocycles. The molecule has 18 heavy (non-hydrogen) atoms. The highest BCUT2D eigenvalue weighted by Gasteiger charge is 2.26. The lowest BCUT2D eigenvalue weighted by atomic mass is 9.97. The zero-order chi connectivity index (χ0) is 13.1. The lowest BCUT2D eigenvalue weighted by molar-refractivity contribution is 0.0934. The summed E-state index contributed by atoms with van der Waals surface area (Å²) in [6, 6.07) is 3.46. The van der Waals surface area contributed by atoms with E-state index in [0.29, 0.717) is 18.5 Å². The first-order valence-corrected chi connectivity index (χ1v) is 6.76. The predicted octanol–water partition coefficient (Wildman–Crippen LogP) is 2.25. The van der Waals surface area contributed by atoms with E-state index in [4.69, 9.17) is 5.26 Å². The second-order valence-electron chi connectivity index (χ2n) is 5.41. The average Bonchev–Trinajstić information content (AvgIpc) is 2.65. The summed E-state index contributed by atoms with van der Waals surface area (Å²) in [4.78, 5) is 2.52. The minimum atomic E-state index is 0.458. The van der Waals surface area contributed by atoms with Crippen molar-refractivity contribution in [2.45, 2.75) is 58.2 Å². The fourth-order valence-electron chi connectivity index (χ4n) is 2.91. The molecule has 0 amide bonds. The summed E-state index contributed by atoms with van der Waals surface area (Å²) in [6.45, 7) is 5.46. The molecule has 0 N–H and O–H groups in total. The van der Waals surface area contributed by atoms with Crippen molar-refractivity contribution in [3.63, 3.8) is 0 Å². The lowest BCUT2D eigenvalue weighted by Crippen LogP contribution is -2.43. The molecule has 1 aliphatic heterocycles. The quantitative estimate of drug-likeness (QED) is 0.821. The summed E-state index contributed by atoms with van der Waals surface area (Å²) in [6.07, 6.45) is 6.29. The van der Waals surface area contributed by atoms with Gasteiger partial charge in [0.15, 0.2) is 0 Å². The Balaban J connectivity index is 2.14. The molecule has 0 radical (unpaired) electrons. The fraction of sp³-hybridized carbons (Fsp3) is 0.714. The van der Waals surface area contributed by atoms with E-state index < -0.39 is 0 Å². The van der Waals surface area contributed by atoms with Crippen LogP contribution in [0.2, 0.25) is 0 Å². The van der Waals surface area contributed by atoms with Gasteiger partial charge in [-0.25, -0.2) is 0 Å². The largest absolute Gasteiger partial charge is 0.292 e. The van der Waals surface area contributed by atoms with Gasteiger partial charge in [-0.05, 0) is 26.7 Å². The van der Waals surface area contributed by atoms with Gasteiger partial charge in [-0.15, -0.1) is 0 Å². The van der Waals surface area contributed by atoms with Crippen molar-refractivity contribution in [2.24, 2.45) is 7.05 Å². The van der Waals surface area contributed by atoms with E-state index in [1.54, 1.807) is 0 Å². The Morgan fingerprint density at radius 1 is 1.39 bits per heavy atom. The third kappa shape index (κ3) is 2.73. The second-order valence-corrected chi connectivity index (χ2v) is 5.41. The zero-order valence-electron chi connectivity index (χ0n) is 11.6. The molecule has 4 heteroatoms. The molecule has 1 aliphatic rings. The minimum absolute atomic E-state index is 0.458. The molecule has 4 nitrogen and oxygen atoms in total. The number of nitrogens with zero attached hydrogens (tertiary/aromatic N) is 4. The molecule has 2 unspecified atom stereocenters. The summed E-state index contributed by atoms with van der Waals surface area (Å²) < 4.78 is 1.82. The summed E-state index contributed by atoms with van der Waals surface area (Å²) in [7, 11) is 1.92. The zero-order valence-corrected chi connectivity index (χ0v) is 11.6. The third-order valence-corrected chi connectivity index (χ3v) is 3.97. The van der Waals surface area contributed by atoms with E-state index >= 15 is 0 Å². The van der Waals surface area contributed by atoms with Gasteiger partial charge in [0, 0.05) is 37.4 Å². The van der Waals surface area contributed by atoms with Crippen LogP contribution in [0.25, 0.3) is 0 Å². The van der Waals surface area contributed by atoms with E-state index in [2.05, 4.69) is 29.9 Å². The predicted molar refractivity (Wildman–Crippen MR) is 70.8 cm³/mol. The fourth-order valence-corrected chi connectivity index (χ4v) is 2.91. The Hall–Kier alpha value is -1.34. The molecule has 2 heterocycles. The summed E-state index contributed by atoms with van der Waals surface area (Å²) in [5.41, 5.74) is 2.14. The number of hydrogen-bond acceptors (Lipinski definition) is 3. The Morgan fingerprint density at radius 2 is 2.06 bits per heavy atom. The highest BCUT2D eigenvalue weighted by atomic mass is 15.3. The van der Waals surface area contributed by atoms with Crippen LogP contribution in [-0.4, -0.2) is 26.8 Å². The van der Waals surface area contributed by atoms with Crippen LogP contribution in [0, 0.1) is 11.3 Å². The van der Waals surface area contributed by atoms with E-state index in [1.807, 2.05) is 17.9 Å². The van der Waals surface area contributed by atoms with Crippen LogP contribution in [-0.2, 0) is 20.0 Å². The van der Waals surface area contributed by atoms with Crippen molar-refractivity contribution in [1.29, 1.82) is 5.26 Å². The molecule has 0 aliphatic carbocycles. The molecule has 0 aromatic carbocycles. The molecule has 98 valence electrons. The van der Waals surface area contributed by atoms with E-state index in [1.165, 1.54) is 19.3 Å². The lowest BCUT2D eigenvalue weighted by Gasteiger charge is -2.38. The standard InChI is InChI=1S/C14H22N4/c1-11-5-4-6-12(2)18(11)10-14-13(7-8-15)9-17(3)16-14/h9,11-12H,4-7,10H2,1-3H3. The van der Waals surface area contributed by atoms with Crippen LogP contribution in [0.15, 0.2) is 6.20 Å². The second kappa shape index (κ2) is 5.53. The number of hydrogen-bond donors (Lipinski definition) is 0. The summed E-state index contributed by atoms with van der Waals surface area (Å²) in [5.74, 6) is 0. The van der Waals surface area contributed by atoms with E-state index in [0.717, 1.165) is 17.8 Å². The monoisotopic (exact) mass is 246 g/mol. The average molecular weight is 246 g/mol. The van der Waals surface area contributed by atoms with Gasteiger partial charge in [-0.1, -0.05) is 6.42 Å². The van der Waals surface area contributed by atoms with Gasteiger partial charge in [-0.3, -0.25) is 9.58 Å². The first kappa shape index (κ1) is 13.1. The van der Waals surface area contributed by atoms with Crippen molar-refractivity contribution in [1.82, 2.24) is 14.7 Å². The van der Waals surface area contributed by atoms with Crippen molar-refractivity contribution >= 4 is 0 Å². The van der Waals surface area contributed by atoms with Gasteiger partial charge >= 0.3 is 0 Å². The normalized spacial score (nSPS) is 25.0. The minimum Gasteiger partial charge on any atom is -0.292 e. The van der Waals surface area contributed by atoms with Crippen LogP contribution in [0.1, 0.15) is 44.4 Å². The number of piperidine rings is 1. The summed E-state index contributed by atoms with van der Waals surface area (Å²) in [5, 5.41) is 13.4. The molecule has 1 fully saturated rings. The molecule has 1 saturated heterocycles. The van der Waals surface area contributed by atoms with Crippen molar-refractivity contribution in [2.75, 3.05) is 0 Å². The molecule has 2 rings (SSSR count). The van der Waals surface area contributed by atoms with Crippen molar-refractivity contribution < 1.29 is 0 Å². The Kier molecular flexibility index (Phi) is 4.03. The van der Waals surface area contributed by atoms with E-state index in [-0.39, 0.29) is 0 Å². The van der Waals surface area contributed by atoms with Gasteiger partial charge in [0.2, 0.25) is 0 Å². The van der Waals surface area contributed by atoms with Crippen LogP contribution in [0.3, 0.4) is 0 Å². The SMILES string of the molecule is CC1CCCC(C)N1Cc1nn(C)cc1CC#N. The topological polar surface area (TPSA) is 44.9 Å². The number of aromatic nitrogens is 2. The Morgan fingerprint density at radius 3 is 2.67 bits per heavy atom. The molecule has 0 spiro atoms. The van der Waals surface area contributed by atoms with Crippen LogP contribution in [0.5, 0.6) is 0 Å². The molecular weight excluding hydrogens is 224 g/mol. The number of rotatable bonds is 3. The number of aryl methyl sites for hydroxylation is 1. The summed E-state index contributed by atoms with van der Waals surface area (Å²) >= 11 is 0. The Bertz CT molecular complexity index is 433. The highest BCUT2D eigenvalue weighted by molar-refractivity contribution is 5.20. The van der Waals surface area contributed by atoms with Gasteiger partial charge in [0.1, 0.15) is 0 Å². The molecule has 0 saturated carbocycles. The molecule has 1 aromatic rings. The third-order valence-electron chi connectivity index (χ3n) is 3.97. The maximum absolute atomic E-state index is 8.86. The number of likely N-dealkylation sites (tertiary alicyclic amines) is 1. The first-order valence-electron chi connectivity index (χ1n) is 6.76. The van der Waals surface area contributed by atoms with E-state index in [9.17, 15) is 0 Å². The van der Waals surface area contributed by atoms with Crippen LogP contribution in [0.4, 0.5) is 0 Å². The van der Waals surface area contributed by atoms with Crippen molar-refractivity contribution in [3.05, 3.63) is 17.5 Å². The van der Waals surface area contributed by atoms with Crippen LogP contribution < -0.4 is 0 Å². The first-order chi connectivity index (χ1) is 8.61. The Labute approximate surface area is 109 Å². The smallest absolute Gasteiger partial charge is 0.0807 e. The molecule has 0 bridgehead atoms. The molecular formula is C14H22N4.